The number of hydrogen-bond acceptors (Lipinski definition) is 4. The lowest BCUT2D eigenvalue weighted by molar-refractivity contribution is -0.124. The standard InChI is InChI=1S/C9H17N3O3/c1-15-5-7(10)9(14)11-4-6-2-3-8(13)12-6/h6-7H,2-5,10H2,1H3,(H,11,14)(H,12,13). The second-order valence-electron chi connectivity index (χ2n) is 3.61. The fourth-order valence-corrected chi connectivity index (χ4v) is 1.44. The molecule has 0 aromatic carbocycles. The van der Waals surface area contributed by atoms with Crippen molar-refractivity contribution in [3.05, 3.63) is 0 Å². The molecule has 0 spiro atoms. The zero-order valence-electron chi connectivity index (χ0n) is 8.79. The second-order valence-corrected chi connectivity index (χ2v) is 3.61. The van der Waals surface area contributed by atoms with Crippen molar-refractivity contribution in [3.8, 4) is 0 Å². The van der Waals surface area contributed by atoms with Crippen molar-refractivity contribution in [2.45, 2.75) is 24.9 Å². The first kappa shape index (κ1) is 11.9. The molecule has 0 bridgehead atoms. The molecule has 15 heavy (non-hydrogen) atoms. The van der Waals surface area contributed by atoms with Crippen molar-refractivity contribution in [3.63, 3.8) is 0 Å². The summed E-state index contributed by atoms with van der Waals surface area (Å²) in [5.74, 6) is -0.214. The predicted molar refractivity (Wildman–Crippen MR) is 54.0 cm³/mol. The summed E-state index contributed by atoms with van der Waals surface area (Å²) in [5.41, 5.74) is 5.52. The van der Waals surface area contributed by atoms with Crippen molar-refractivity contribution in [1.82, 2.24) is 10.6 Å². The number of nitrogens with one attached hydrogen (secondary N) is 2. The number of carbonyl (C=O) groups excluding carboxylic acids is 2. The van der Waals surface area contributed by atoms with Crippen molar-refractivity contribution in [1.29, 1.82) is 0 Å². The van der Waals surface area contributed by atoms with Crippen LogP contribution in [0.5, 0.6) is 0 Å². The highest BCUT2D eigenvalue weighted by atomic mass is 16.5. The molecule has 0 aliphatic carbocycles. The topological polar surface area (TPSA) is 93.4 Å². The van der Waals surface area contributed by atoms with Crippen LogP contribution >= 0.6 is 0 Å². The zero-order valence-corrected chi connectivity index (χ0v) is 8.79. The number of methoxy groups -OCH3 is 1. The van der Waals surface area contributed by atoms with Crippen LogP contribution in [0.1, 0.15) is 12.8 Å². The van der Waals surface area contributed by atoms with Crippen molar-refractivity contribution in [2.24, 2.45) is 5.73 Å². The highest BCUT2D eigenvalue weighted by Crippen LogP contribution is 2.04. The average Bonchev–Trinajstić information content (AvgIpc) is 2.61. The van der Waals surface area contributed by atoms with Gasteiger partial charge in [0.1, 0.15) is 6.04 Å². The van der Waals surface area contributed by atoms with E-state index in [2.05, 4.69) is 10.6 Å². The van der Waals surface area contributed by atoms with Crippen LogP contribution in [-0.4, -0.2) is 44.2 Å². The Hall–Kier alpha value is -1.14. The third-order valence-electron chi connectivity index (χ3n) is 2.29. The van der Waals surface area contributed by atoms with E-state index >= 15 is 0 Å². The normalized spacial score (nSPS) is 22.3. The number of rotatable bonds is 5. The summed E-state index contributed by atoms with van der Waals surface area (Å²) in [6.07, 6.45) is 1.29. The van der Waals surface area contributed by atoms with E-state index in [1.807, 2.05) is 0 Å². The van der Waals surface area contributed by atoms with Gasteiger partial charge in [-0.1, -0.05) is 0 Å². The monoisotopic (exact) mass is 215 g/mol. The molecule has 1 aliphatic heterocycles. The Balaban J connectivity index is 2.19. The van der Waals surface area contributed by atoms with Crippen LogP contribution in [0.2, 0.25) is 0 Å². The molecule has 1 heterocycles. The summed E-state index contributed by atoms with van der Waals surface area (Å²) >= 11 is 0. The quantitative estimate of drug-likeness (QED) is 0.512. The minimum Gasteiger partial charge on any atom is -0.383 e. The lowest BCUT2D eigenvalue weighted by Crippen LogP contribution is -2.47. The SMILES string of the molecule is COCC(N)C(=O)NCC1CCC(=O)N1. The smallest absolute Gasteiger partial charge is 0.239 e. The van der Waals surface area contributed by atoms with E-state index in [0.717, 1.165) is 6.42 Å². The Morgan fingerprint density at radius 3 is 3.07 bits per heavy atom. The molecule has 1 fully saturated rings. The molecule has 1 saturated heterocycles. The molecule has 86 valence electrons. The zero-order chi connectivity index (χ0) is 11.3. The molecule has 6 heteroatoms. The van der Waals surface area contributed by atoms with Gasteiger partial charge in [0.25, 0.3) is 0 Å². The first-order valence-corrected chi connectivity index (χ1v) is 4.95. The van der Waals surface area contributed by atoms with Crippen molar-refractivity contribution < 1.29 is 14.3 Å². The molecule has 1 aliphatic rings. The molecule has 0 aromatic heterocycles. The third kappa shape index (κ3) is 3.85. The largest absolute Gasteiger partial charge is 0.383 e. The summed E-state index contributed by atoms with van der Waals surface area (Å²) in [7, 11) is 1.49. The minimum absolute atomic E-state index is 0.0374. The summed E-state index contributed by atoms with van der Waals surface area (Å²) in [4.78, 5) is 22.2. The van der Waals surface area contributed by atoms with Gasteiger partial charge in [-0.25, -0.2) is 0 Å². The summed E-state index contributed by atoms with van der Waals surface area (Å²) < 4.78 is 4.76. The van der Waals surface area contributed by atoms with Gasteiger partial charge in [-0.15, -0.1) is 0 Å². The lowest BCUT2D eigenvalue weighted by Gasteiger charge is -2.14. The molecule has 4 N–H and O–H groups in total. The highest BCUT2D eigenvalue weighted by molar-refractivity contribution is 5.82. The van der Waals surface area contributed by atoms with Gasteiger partial charge in [-0.2, -0.15) is 0 Å². The molecule has 2 amide bonds. The van der Waals surface area contributed by atoms with Gasteiger partial charge in [-0.3, -0.25) is 9.59 Å². The van der Waals surface area contributed by atoms with Crippen molar-refractivity contribution in [2.75, 3.05) is 20.3 Å². The van der Waals surface area contributed by atoms with Gasteiger partial charge in [0.15, 0.2) is 0 Å². The van der Waals surface area contributed by atoms with Gasteiger partial charge in [-0.05, 0) is 6.42 Å². The van der Waals surface area contributed by atoms with E-state index in [1.54, 1.807) is 0 Å². The van der Waals surface area contributed by atoms with Crippen LogP contribution in [0, 0.1) is 0 Å². The van der Waals surface area contributed by atoms with Crippen LogP contribution in [0.25, 0.3) is 0 Å². The van der Waals surface area contributed by atoms with E-state index in [-0.39, 0.29) is 24.5 Å². The Bertz CT molecular complexity index is 245. The maximum atomic E-state index is 11.3. The molecule has 0 radical (unpaired) electrons. The second kappa shape index (κ2) is 5.67. The van der Waals surface area contributed by atoms with Crippen LogP contribution in [0.3, 0.4) is 0 Å². The Labute approximate surface area is 88.5 Å². The van der Waals surface area contributed by atoms with E-state index < -0.39 is 6.04 Å². The van der Waals surface area contributed by atoms with Crippen molar-refractivity contribution >= 4 is 11.8 Å². The van der Waals surface area contributed by atoms with Crippen LogP contribution in [-0.2, 0) is 14.3 Å². The summed E-state index contributed by atoms with van der Waals surface area (Å²) in [6, 6.07) is -0.608. The van der Waals surface area contributed by atoms with Crippen LogP contribution < -0.4 is 16.4 Å². The number of hydrogen-bond donors (Lipinski definition) is 3. The first-order chi connectivity index (χ1) is 7.13. The number of ether oxygens (including phenoxy) is 1. The number of amides is 2. The summed E-state index contributed by atoms with van der Waals surface area (Å²) in [6.45, 7) is 0.630. The van der Waals surface area contributed by atoms with E-state index in [9.17, 15) is 9.59 Å². The van der Waals surface area contributed by atoms with E-state index in [1.165, 1.54) is 7.11 Å². The molecular weight excluding hydrogens is 198 g/mol. The highest BCUT2D eigenvalue weighted by Gasteiger charge is 2.22. The van der Waals surface area contributed by atoms with E-state index in [4.69, 9.17) is 10.5 Å². The number of carbonyl (C=O) groups is 2. The average molecular weight is 215 g/mol. The predicted octanol–water partition coefficient (Wildman–Crippen LogP) is -1.65. The molecule has 2 atom stereocenters. The van der Waals surface area contributed by atoms with Crippen LogP contribution in [0.4, 0.5) is 0 Å². The fraction of sp³-hybridized carbons (Fsp3) is 0.778. The molecule has 1 rings (SSSR count). The summed E-state index contributed by atoms with van der Waals surface area (Å²) in [5, 5.41) is 5.43. The van der Waals surface area contributed by atoms with E-state index in [0.29, 0.717) is 13.0 Å². The lowest BCUT2D eigenvalue weighted by atomic mass is 10.2. The molecule has 6 nitrogen and oxygen atoms in total. The molecular formula is C9H17N3O3. The van der Waals surface area contributed by atoms with Gasteiger partial charge in [0.05, 0.1) is 6.61 Å². The Morgan fingerprint density at radius 2 is 2.53 bits per heavy atom. The fourth-order valence-electron chi connectivity index (χ4n) is 1.44. The van der Waals surface area contributed by atoms with Gasteiger partial charge in [0.2, 0.25) is 11.8 Å². The van der Waals surface area contributed by atoms with Gasteiger partial charge in [0, 0.05) is 26.1 Å². The third-order valence-corrected chi connectivity index (χ3v) is 2.29. The first-order valence-electron chi connectivity index (χ1n) is 4.95. The van der Waals surface area contributed by atoms with Gasteiger partial charge < -0.3 is 21.1 Å². The van der Waals surface area contributed by atoms with Crippen LogP contribution in [0.15, 0.2) is 0 Å². The number of nitrogens with two attached hydrogens (primary N) is 1. The minimum atomic E-state index is -0.646. The Morgan fingerprint density at radius 1 is 1.80 bits per heavy atom. The molecule has 0 saturated carbocycles. The maximum absolute atomic E-state index is 11.3. The molecule has 2 unspecified atom stereocenters. The maximum Gasteiger partial charge on any atom is 0.239 e. The Kier molecular flexibility index (Phi) is 4.51. The molecule has 0 aromatic rings. The van der Waals surface area contributed by atoms with Gasteiger partial charge >= 0.3 is 0 Å².